The minimum absolute atomic E-state index is 0.111. The molecule has 0 aliphatic rings. The molecule has 0 aliphatic carbocycles. The number of thiazole rings is 1. The second-order valence-electron chi connectivity index (χ2n) is 4.16. The first-order valence-electron chi connectivity index (χ1n) is 6.16. The molecule has 4 nitrogen and oxygen atoms in total. The highest BCUT2D eigenvalue weighted by molar-refractivity contribution is 7.17. The lowest BCUT2D eigenvalue weighted by Gasteiger charge is -2.00. The van der Waals surface area contributed by atoms with Gasteiger partial charge in [0.15, 0.2) is 0 Å². The molecule has 1 aromatic carbocycles. The van der Waals surface area contributed by atoms with Crippen LogP contribution < -0.4 is 10.1 Å². The van der Waals surface area contributed by atoms with Crippen molar-refractivity contribution >= 4 is 17.2 Å². The lowest BCUT2D eigenvalue weighted by Crippen LogP contribution is -2.22. The largest absolute Gasteiger partial charge is 0.497 e. The Morgan fingerprint density at radius 1 is 1.45 bits per heavy atom. The van der Waals surface area contributed by atoms with Gasteiger partial charge in [0.2, 0.25) is 0 Å². The summed E-state index contributed by atoms with van der Waals surface area (Å²) < 4.78 is 5.13. The van der Waals surface area contributed by atoms with Crippen molar-refractivity contribution in [1.29, 1.82) is 0 Å². The third-order valence-corrected chi connectivity index (χ3v) is 3.95. The smallest absolute Gasteiger partial charge is 0.263 e. The summed E-state index contributed by atoms with van der Waals surface area (Å²) in [5.41, 5.74) is 1.71. The molecule has 1 heterocycles. The number of aryl methyl sites for hydroxylation is 1. The summed E-state index contributed by atoms with van der Waals surface area (Å²) in [5.74, 6) is 0.686. The van der Waals surface area contributed by atoms with E-state index in [2.05, 4.69) is 16.9 Å². The molecular formula is C15H16N2O2S. The average Bonchev–Trinajstić information content (AvgIpc) is 2.87. The Hall–Kier alpha value is -2.14. The Morgan fingerprint density at radius 2 is 2.15 bits per heavy atom. The number of nitrogens with zero attached hydrogens (tertiary/aromatic N) is 1. The highest BCUT2D eigenvalue weighted by atomic mass is 32.1. The summed E-state index contributed by atoms with van der Waals surface area (Å²) in [4.78, 5) is 17.1. The lowest BCUT2D eigenvalue weighted by molar-refractivity contribution is 0.0961. The van der Waals surface area contributed by atoms with E-state index in [-0.39, 0.29) is 5.91 Å². The number of ether oxygens (including phenoxy) is 1. The fourth-order valence-corrected chi connectivity index (χ4v) is 2.70. The van der Waals surface area contributed by atoms with Gasteiger partial charge in [0.25, 0.3) is 5.91 Å². The number of aromatic nitrogens is 1. The van der Waals surface area contributed by atoms with Crippen LogP contribution in [0.4, 0.5) is 0 Å². The maximum atomic E-state index is 12.0. The fourth-order valence-electron chi connectivity index (χ4n) is 1.71. The second-order valence-corrected chi connectivity index (χ2v) is 5.16. The number of hydrogen-bond acceptors (Lipinski definition) is 4. The molecular weight excluding hydrogens is 272 g/mol. The first kappa shape index (κ1) is 14.3. The van der Waals surface area contributed by atoms with Crippen LogP contribution in [0.15, 0.2) is 36.9 Å². The van der Waals surface area contributed by atoms with Gasteiger partial charge >= 0.3 is 0 Å². The van der Waals surface area contributed by atoms with Crippen LogP contribution in [0.5, 0.6) is 5.75 Å². The molecule has 2 aromatic rings. The predicted molar refractivity (Wildman–Crippen MR) is 81.4 cm³/mol. The fraction of sp³-hybridized carbons (Fsp3) is 0.200. The summed E-state index contributed by atoms with van der Waals surface area (Å²) >= 11 is 1.39. The first-order chi connectivity index (χ1) is 9.65. The Labute approximate surface area is 122 Å². The van der Waals surface area contributed by atoms with Gasteiger partial charge in [-0.15, -0.1) is 17.9 Å². The zero-order valence-corrected chi connectivity index (χ0v) is 12.3. The van der Waals surface area contributed by atoms with E-state index < -0.39 is 0 Å². The van der Waals surface area contributed by atoms with Crippen LogP contribution in [0.3, 0.4) is 0 Å². The number of carbonyl (C=O) groups is 1. The van der Waals surface area contributed by atoms with Crippen LogP contribution in [-0.4, -0.2) is 24.5 Å². The Balaban J connectivity index is 2.25. The van der Waals surface area contributed by atoms with Crippen molar-refractivity contribution < 1.29 is 9.53 Å². The summed E-state index contributed by atoms with van der Waals surface area (Å²) in [6, 6.07) is 7.62. The third kappa shape index (κ3) is 3.05. The molecule has 5 heteroatoms. The highest BCUT2D eigenvalue weighted by Gasteiger charge is 2.15. The quantitative estimate of drug-likeness (QED) is 0.860. The first-order valence-corrected chi connectivity index (χ1v) is 6.98. The Morgan fingerprint density at radius 3 is 2.75 bits per heavy atom. The third-order valence-electron chi connectivity index (χ3n) is 2.75. The maximum absolute atomic E-state index is 12.0. The van der Waals surface area contributed by atoms with Gasteiger partial charge in [-0.2, -0.15) is 0 Å². The van der Waals surface area contributed by atoms with Crippen molar-refractivity contribution in [3.63, 3.8) is 0 Å². The molecule has 2 rings (SSSR count). The SMILES string of the molecule is C=CCNC(=O)c1sc(-c2ccc(OC)cc2)nc1C. The molecule has 20 heavy (non-hydrogen) atoms. The molecule has 104 valence electrons. The van der Waals surface area contributed by atoms with Crippen molar-refractivity contribution in [1.82, 2.24) is 10.3 Å². The maximum Gasteiger partial charge on any atom is 0.263 e. The van der Waals surface area contributed by atoms with Crippen molar-refractivity contribution in [2.75, 3.05) is 13.7 Å². The van der Waals surface area contributed by atoms with E-state index in [0.29, 0.717) is 11.4 Å². The van der Waals surface area contributed by atoms with Crippen LogP contribution in [-0.2, 0) is 0 Å². The number of hydrogen-bond donors (Lipinski definition) is 1. The van der Waals surface area contributed by atoms with E-state index in [4.69, 9.17) is 4.74 Å². The number of carbonyl (C=O) groups excluding carboxylic acids is 1. The molecule has 0 fully saturated rings. The molecule has 0 saturated carbocycles. The molecule has 0 spiro atoms. The minimum Gasteiger partial charge on any atom is -0.497 e. The van der Waals surface area contributed by atoms with Crippen LogP contribution in [0.25, 0.3) is 10.6 Å². The Bertz CT molecular complexity index is 617. The second kappa shape index (κ2) is 6.34. The van der Waals surface area contributed by atoms with Crippen LogP contribution in [0.1, 0.15) is 15.4 Å². The normalized spacial score (nSPS) is 10.1. The highest BCUT2D eigenvalue weighted by Crippen LogP contribution is 2.29. The monoisotopic (exact) mass is 288 g/mol. The lowest BCUT2D eigenvalue weighted by atomic mass is 10.2. The minimum atomic E-state index is -0.111. The molecule has 1 N–H and O–H groups in total. The summed E-state index contributed by atoms with van der Waals surface area (Å²) in [6.07, 6.45) is 1.65. The number of rotatable bonds is 5. The summed E-state index contributed by atoms with van der Waals surface area (Å²) in [7, 11) is 1.63. The van der Waals surface area contributed by atoms with Crippen molar-refractivity contribution in [3.05, 3.63) is 47.5 Å². The van der Waals surface area contributed by atoms with Gasteiger partial charge in [0, 0.05) is 12.1 Å². The molecule has 0 aliphatic heterocycles. The zero-order chi connectivity index (χ0) is 14.5. The number of amides is 1. The van der Waals surface area contributed by atoms with Gasteiger partial charge in [-0.25, -0.2) is 4.98 Å². The molecule has 0 atom stereocenters. The molecule has 0 bridgehead atoms. The summed E-state index contributed by atoms with van der Waals surface area (Å²) in [6.45, 7) is 5.87. The van der Waals surface area contributed by atoms with Crippen LogP contribution in [0.2, 0.25) is 0 Å². The average molecular weight is 288 g/mol. The standard InChI is InChI=1S/C15H16N2O2S/c1-4-9-16-14(18)13-10(2)17-15(20-13)11-5-7-12(19-3)8-6-11/h4-8H,1,9H2,2-3H3,(H,16,18). The predicted octanol–water partition coefficient (Wildman–Crippen LogP) is 3.04. The van der Waals surface area contributed by atoms with E-state index in [0.717, 1.165) is 22.0 Å². The zero-order valence-electron chi connectivity index (χ0n) is 11.5. The van der Waals surface area contributed by atoms with E-state index in [1.54, 1.807) is 13.2 Å². The number of nitrogens with one attached hydrogen (secondary N) is 1. The van der Waals surface area contributed by atoms with Gasteiger partial charge in [0.1, 0.15) is 15.6 Å². The van der Waals surface area contributed by atoms with E-state index in [9.17, 15) is 4.79 Å². The molecule has 0 saturated heterocycles. The van der Waals surface area contributed by atoms with E-state index >= 15 is 0 Å². The van der Waals surface area contributed by atoms with Crippen LogP contribution >= 0.6 is 11.3 Å². The van der Waals surface area contributed by atoms with Gasteiger partial charge in [-0.05, 0) is 31.2 Å². The van der Waals surface area contributed by atoms with Crippen molar-refractivity contribution in [2.45, 2.75) is 6.92 Å². The van der Waals surface area contributed by atoms with E-state index in [1.165, 1.54) is 11.3 Å². The number of methoxy groups -OCH3 is 1. The van der Waals surface area contributed by atoms with Crippen LogP contribution in [0, 0.1) is 6.92 Å². The van der Waals surface area contributed by atoms with Gasteiger partial charge in [-0.1, -0.05) is 6.08 Å². The number of benzene rings is 1. The molecule has 1 amide bonds. The van der Waals surface area contributed by atoms with Gasteiger partial charge in [0.05, 0.1) is 12.8 Å². The molecule has 0 unspecified atom stereocenters. The molecule has 0 radical (unpaired) electrons. The molecule has 1 aromatic heterocycles. The topological polar surface area (TPSA) is 51.2 Å². The summed E-state index contributed by atoms with van der Waals surface area (Å²) in [5, 5.41) is 3.59. The van der Waals surface area contributed by atoms with Crippen molar-refractivity contribution in [3.8, 4) is 16.3 Å². The van der Waals surface area contributed by atoms with E-state index in [1.807, 2.05) is 31.2 Å². The van der Waals surface area contributed by atoms with Gasteiger partial charge in [-0.3, -0.25) is 4.79 Å². The van der Waals surface area contributed by atoms with Gasteiger partial charge < -0.3 is 10.1 Å². The van der Waals surface area contributed by atoms with Crippen molar-refractivity contribution in [2.24, 2.45) is 0 Å². The Kier molecular flexibility index (Phi) is 4.53.